The Kier molecular flexibility index (Phi) is 17.6. The maximum atomic E-state index is 13.4. The van der Waals surface area contributed by atoms with Crippen LogP contribution in [0.5, 0.6) is 0 Å². The van der Waals surface area contributed by atoms with E-state index in [2.05, 4.69) is 205 Å². The van der Waals surface area contributed by atoms with E-state index in [4.69, 9.17) is 18.3 Å². The van der Waals surface area contributed by atoms with Crippen molar-refractivity contribution in [3.63, 3.8) is 0 Å². The van der Waals surface area contributed by atoms with Crippen LogP contribution in [0.3, 0.4) is 0 Å². The minimum absolute atomic E-state index is 0.0273. The van der Waals surface area contributed by atoms with Crippen molar-refractivity contribution in [2.45, 2.75) is 97.4 Å². The number of esters is 2. The number of hydrogen-bond donors (Lipinski definition) is 0. The summed E-state index contributed by atoms with van der Waals surface area (Å²) in [4.78, 5) is 25.7. The first-order chi connectivity index (χ1) is 29.5. The highest BCUT2D eigenvalue weighted by Gasteiger charge is 2.51. The number of cyclic esters (lactones) is 1. The fourth-order valence-electron chi connectivity index (χ4n) is 9.04. The molecule has 0 saturated heterocycles. The molecule has 4 aromatic rings. The van der Waals surface area contributed by atoms with E-state index in [-0.39, 0.29) is 21.9 Å². The van der Waals surface area contributed by atoms with E-state index in [9.17, 15) is 9.59 Å². The average Bonchev–Trinajstić information content (AvgIpc) is 3.25. The second kappa shape index (κ2) is 22.2. The van der Waals surface area contributed by atoms with E-state index in [0.29, 0.717) is 25.6 Å². The topological polar surface area (TPSA) is 71.1 Å². The molecular formula is C53H67IO6Si2. The van der Waals surface area contributed by atoms with Gasteiger partial charge in [0, 0.05) is 35.7 Å². The van der Waals surface area contributed by atoms with Crippen molar-refractivity contribution in [1.29, 1.82) is 0 Å². The fourth-order valence-corrected chi connectivity index (χ4v) is 18.6. The summed E-state index contributed by atoms with van der Waals surface area (Å²) in [5, 5.41) is 4.57. The highest BCUT2D eigenvalue weighted by molar-refractivity contribution is 14.1. The van der Waals surface area contributed by atoms with Crippen molar-refractivity contribution in [3.05, 3.63) is 157 Å². The molecule has 0 N–H and O–H groups in total. The fraction of sp³-hybridized carbons (Fsp3) is 0.396. The van der Waals surface area contributed by atoms with Crippen molar-refractivity contribution in [2.75, 3.05) is 17.6 Å². The van der Waals surface area contributed by atoms with Gasteiger partial charge in [-0.3, -0.25) is 0 Å². The summed E-state index contributed by atoms with van der Waals surface area (Å²) in [6, 6.07) is 43.0. The molecule has 0 bridgehead atoms. The average molecular weight is 983 g/mol. The van der Waals surface area contributed by atoms with Crippen LogP contribution >= 0.6 is 22.6 Å². The molecule has 0 unspecified atom stereocenters. The lowest BCUT2D eigenvalue weighted by Crippen LogP contribution is -2.67. The number of halogens is 1. The number of rotatable bonds is 19. The number of ether oxygens (including phenoxy) is 2. The van der Waals surface area contributed by atoms with Crippen molar-refractivity contribution in [2.24, 2.45) is 17.8 Å². The zero-order valence-corrected chi connectivity index (χ0v) is 42.3. The molecule has 1 heterocycles. The molecule has 9 heteroatoms. The molecule has 1 aliphatic rings. The van der Waals surface area contributed by atoms with Crippen molar-refractivity contribution >= 4 is 71.9 Å². The smallest absolute Gasteiger partial charge is 0.331 e. The van der Waals surface area contributed by atoms with Gasteiger partial charge in [0.1, 0.15) is 6.10 Å². The standard InChI is InChI=1S/C53H67IO6Si2/c1-40(30-32-49(55)59-48-31-33-50(56)60-51(48)42(3)36-41(2)38-54)37-43(39-58-62(53(7,8)9,46-26-18-12-19-27-46)47-28-20-13-21-29-47)34-35-57-61(52(4,5)6,44-22-14-10-15-23-44)45-24-16-11-17-25-45/h10-33,37,41-43,48,51H,34-36,38-39H2,1-9H3/b32-30+,40-37+/t41-,42+,43+,48-,51-/m1/s1. The lowest BCUT2D eigenvalue weighted by molar-refractivity contribution is -0.164. The number of benzene rings is 4. The summed E-state index contributed by atoms with van der Waals surface area (Å²) in [6.45, 7) is 21.0. The molecule has 0 amide bonds. The minimum Gasteiger partial charge on any atom is -0.455 e. The summed E-state index contributed by atoms with van der Waals surface area (Å²) in [5.74, 6) is -0.474. The van der Waals surface area contributed by atoms with Gasteiger partial charge in [0.25, 0.3) is 16.6 Å². The van der Waals surface area contributed by atoms with E-state index in [1.807, 2.05) is 13.0 Å². The predicted molar refractivity (Wildman–Crippen MR) is 269 cm³/mol. The molecule has 0 radical (unpaired) electrons. The lowest BCUT2D eigenvalue weighted by Gasteiger charge is -2.44. The molecule has 1 aliphatic heterocycles. The van der Waals surface area contributed by atoms with E-state index in [1.165, 1.54) is 32.9 Å². The van der Waals surface area contributed by atoms with Gasteiger partial charge in [-0.25, -0.2) is 9.59 Å². The van der Waals surface area contributed by atoms with Crippen molar-refractivity contribution in [3.8, 4) is 0 Å². The monoisotopic (exact) mass is 982 g/mol. The van der Waals surface area contributed by atoms with E-state index < -0.39 is 40.8 Å². The second-order valence-corrected chi connectivity index (χ2v) is 28.4. The van der Waals surface area contributed by atoms with Crippen LogP contribution in [-0.4, -0.2) is 58.4 Å². The van der Waals surface area contributed by atoms with Crippen molar-refractivity contribution in [1.82, 2.24) is 0 Å². The van der Waals surface area contributed by atoms with E-state index >= 15 is 0 Å². The van der Waals surface area contributed by atoms with Crippen LogP contribution in [0.15, 0.2) is 157 Å². The van der Waals surface area contributed by atoms with Gasteiger partial charge in [-0.05, 0) is 68.5 Å². The lowest BCUT2D eigenvalue weighted by atomic mass is 9.90. The molecule has 5 atom stereocenters. The highest BCUT2D eigenvalue weighted by atomic mass is 127. The number of allylic oxidation sites excluding steroid dienone is 2. The largest absolute Gasteiger partial charge is 0.455 e. The molecule has 6 nitrogen and oxygen atoms in total. The summed E-state index contributed by atoms with van der Waals surface area (Å²) in [5.41, 5.74) is 0.912. The first-order valence-corrected chi connectivity index (χ1v) is 27.4. The quantitative estimate of drug-likeness (QED) is 0.0233. The molecular weight excluding hydrogens is 916 g/mol. The Labute approximate surface area is 387 Å². The Balaban J connectivity index is 1.48. The molecule has 5 rings (SSSR count). The number of hydrogen-bond acceptors (Lipinski definition) is 6. The van der Waals surface area contributed by atoms with Gasteiger partial charge in [0.15, 0.2) is 6.10 Å². The van der Waals surface area contributed by atoms with Crippen LogP contribution in [0, 0.1) is 17.8 Å². The molecule has 62 heavy (non-hydrogen) atoms. The molecule has 4 aromatic carbocycles. The number of alkyl halides is 1. The Morgan fingerprint density at radius 2 is 1.18 bits per heavy atom. The van der Waals surface area contributed by atoms with Gasteiger partial charge in [-0.2, -0.15) is 0 Å². The van der Waals surface area contributed by atoms with Gasteiger partial charge in [0.2, 0.25) is 0 Å². The Morgan fingerprint density at radius 3 is 1.61 bits per heavy atom. The number of carbonyl (C=O) groups excluding carboxylic acids is 2. The van der Waals surface area contributed by atoms with E-state index in [1.54, 1.807) is 6.08 Å². The Bertz CT molecular complexity index is 2030. The molecule has 0 aromatic heterocycles. The zero-order valence-electron chi connectivity index (χ0n) is 38.2. The third-order valence-corrected chi connectivity index (χ3v) is 23.5. The molecule has 0 saturated carbocycles. The maximum Gasteiger partial charge on any atom is 0.331 e. The molecule has 0 aliphatic carbocycles. The SMILES string of the molecule is CC(/C=C/C(=O)O[C@@H]1C=CC(=O)O[C@@H]1[C@@H](C)C[C@@H](C)CI)=C\[C@H](CCO[Si](c1ccccc1)(c1ccccc1)C(C)(C)C)CO[Si](c1ccccc1)(c1ccccc1)C(C)(C)C. The maximum absolute atomic E-state index is 13.4. The summed E-state index contributed by atoms with van der Waals surface area (Å²) in [6.07, 6.45) is 8.88. The minimum atomic E-state index is -2.87. The number of carbonyl (C=O) groups is 2. The summed E-state index contributed by atoms with van der Waals surface area (Å²) in [7, 11) is -5.66. The normalized spacial score (nSPS) is 18.0. The molecule has 0 fully saturated rings. The zero-order chi connectivity index (χ0) is 45.0. The van der Waals surface area contributed by atoms with Crippen molar-refractivity contribution < 1.29 is 27.9 Å². The first kappa shape index (κ1) is 49.1. The Hall–Kier alpha value is -3.88. The van der Waals surface area contributed by atoms with Crippen LogP contribution in [0.1, 0.15) is 75.2 Å². The predicted octanol–water partition coefficient (Wildman–Crippen LogP) is 10.1. The Morgan fingerprint density at radius 1 is 0.726 bits per heavy atom. The van der Waals surface area contributed by atoms with Gasteiger partial charge in [-0.1, -0.05) is 217 Å². The van der Waals surface area contributed by atoms with Crippen LogP contribution < -0.4 is 20.7 Å². The van der Waals surface area contributed by atoms with Crippen LogP contribution in [0.25, 0.3) is 0 Å². The first-order valence-electron chi connectivity index (χ1n) is 22.0. The second-order valence-electron chi connectivity index (χ2n) is 18.9. The van der Waals surface area contributed by atoms with Crippen LogP contribution in [-0.2, 0) is 27.9 Å². The summed E-state index contributed by atoms with van der Waals surface area (Å²) >= 11 is 2.37. The highest BCUT2D eigenvalue weighted by Crippen LogP contribution is 2.39. The summed E-state index contributed by atoms with van der Waals surface area (Å²) < 4.78 is 27.6. The third-order valence-electron chi connectivity index (χ3n) is 12.0. The third kappa shape index (κ3) is 12.0. The van der Waals surface area contributed by atoms with Gasteiger partial charge >= 0.3 is 11.9 Å². The van der Waals surface area contributed by atoms with Crippen LogP contribution in [0.4, 0.5) is 0 Å². The van der Waals surface area contributed by atoms with Crippen LogP contribution in [0.2, 0.25) is 10.1 Å². The van der Waals surface area contributed by atoms with Gasteiger partial charge in [-0.15, -0.1) is 0 Å². The molecule has 330 valence electrons. The van der Waals surface area contributed by atoms with Gasteiger partial charge < -0.3 is 18.3 Å². The van der Waals surface area contributed by atoms with Gasteiger partial charge in [0.05, 0.1) is 0 Å². The van der Waals surface area contributed by atoms with E-state index in [0.717, 1.165) is 16.4 Å². The molecule has 0 spiro atoms.